The van der Waals surface area contributed by atoms with E-state index in [4.69, 9.17) is 5.73 Å². The van der Waals surface area contributed by atoms with E-state index in [2.05, 4.69) is 38.1 Å². The standard InChI is InChI=1S/C19H24FN/c1-19(2,16-11-13-17(20)14-12-16)18(21)10-6-9-15-7-4-3-5-8-15/h3-5,7-8,11-14,18H,6,9-10,21H2,1-2H3. The van der Waals surface area contributed by atoms with Crippen molar-refractivity contribution in [1.82, 2.24) is 0 Å². The van der Waals surface area contributed by atoms with Crippen molar-refractivity contribution < 1.29 is 4.39 Å². The number of hydrogen-bond acceptors (Lipinski definition) is 1. The molecule has 2 aromatic rings. The molecule has 0 saturated heterocycles. The molecule has 0 aromatic heterocycles. The summed E-state index contributed by atoms with van der Waals surface area (Å²) in [4.78, 5) is 0. The molecule has 0 aliphatic rings. The van der Waals surface area contributed by atoms with Gasteiger partial charge in [0.05, 0.1) is 0 Å². The van der Waals surface area contributed by atoms with Crippen molar-refractivity contribution in [3.8, 4) is 0 Å². The van der Waals surface area contributed by atoms with E-state index >= 15 is 0 Å². The zero-order chi connectivity index (χ0) is 15.3. The molecule has 21 heavy (non-hydrogen) atoms. The van der Waals surface area contributed by atoms with Gasteiger partial charge in [-0.05, 0) is 42.5 Å². The largest absolute Gasteiger partial charge is 0.327 e. The minimum Gasteiger partial charge on any atom is -0.327 e. The predicted molar refractivity (Wildman–Crippen MR) is 86.8 cm³/mol. The molecule has 2 N–H and O–H groups in total. The molecule has 0 bridgehead atoms. The minimum atomic E-state index is -0.202. The monoisotopic (exact) mass is 285 g/mol. The lowest BCUT2D eigenvalue weighted by Crippen LogP contribution is -2.40. The average molecular weight is 285 g/mol. The van der Waals surface area contributed by atoms with Crippen molar-refractivity contribution in [2.75, 3.05) is 0 Å². The van der Waals surface area contributed by atoms with Gasteiger partial charge in [0, 0.05) is 11.5 Å². The number of halogens is 1. The molecule has 0 saturated carbocycles. The Morgan fingerprint density at radius 1 is 1.00 bits per heavy atom. The summed E-state index contributed by atoms with van der Waals surface area (Å²) in [5, 5.41) is 0. The molecule has 1 atom stereocenters. The zero-order valence-electron chi connectivity index (χ0n) is 12.9. The lowest BCUT2D eigenvalue weighted by atomic mass is 9.76. The van der Waals surface area contributed by atoms with Gasteiger partial charge in [0.1, 0.15) is 5.82 Å². The Kier molecular flexibility index (Phi) is 5.13. The predicted octanol–water partition coefficient (Wildman–Crippen LogP) is 4.45. The van der Waals surface area contributed by atoms with Gasteiger partial charge in [-0.15, -0.1) is 0 Å². The molecule has 1 nitrogen and oxygen atoms in total. The molecule has 2 aromatic carbocycles. The lowest BCUT2D eigenvalue weighted by Gasteiger charge is -2.32. The van der Waals surface area contributed by atoms with Crippen molar-refractivity contribution >= 4 is 0 Å². The maximum Gasteiger partial charge on any atom is 0.123 e. The van der Waals surface area contributed by atoms with E-state index < -0.39 is 0 Å². The van der Waals surface area contributed by atoms with Crippen LogP contribution < -0.4 is 5.73 Å². The second-order valence-corrected chi connectivity index (χ2v) is 6.21. The maximum atomic E-state index is 13.0. The third-order valence-electron chi connectivity index (χ3n) is 4.34. The van der Waals surface area contributed by atoms with Crippen LogP contribution in [0.25, 0.3) is 0 Å². The van der Waals surface area contributed by atoms with Crippen LogP contribution >= 0.6 is 0 Å². The second kappa shape index (κ2) is 6.86. The van der Waals surface area contributed by atoms with Crippen LogP contribution in [0.3, 0.4) is 0 Å². The van der Waals surface area contributed by atoms with Crippen LogP contribution in [-0.4, -0.2) is 6.04 Å². The van der Waals surface area contributed by atoms with Gasteiger partial charge in [-0.25, -0.2) is 4.39 Å². The molecular formula is C19H24FN. The highest BCUT2D eigenvalue weighted by Gasteiger charge is 2.27. The summed E-state index contributed by atoms with van der Waals surface area (Å²) in [6.07, 6.45) is 3.07. The van der Waals surface area contributed by atoms with Crippen molar-refractivity contribution in [2.45, 2.75) is 44.6 Å². The molecule has 0 heterocycles. The van der Waals surface area contributed by atoms with Gasteiger partial charge in [-0.2, -0.15) is 0 Å². The van der Waals surface area contributed by atoms with Crippen LogP contribution in [0.1, 0.15) is 37.8 Å². The van der Waals surface area contributed by atoms with E-state index in [1.165, 1.54) is 17.7 Å². The number of nitrogens with two attached hydrogens (primary N) is 1. The van der Waals surface area contributed by atoms with Crippen LogP contribution in [0.2, 0.25) is 0 Å². The molecule has 0 spiro atoms. The molecule has 0 aliphatic carbocycles. The summed E-state index contributed by atoms with van der Waals surface area (Å²) in [5.74, 6) is -0.202. The van der Waals surface area contributed by atoms with Gasteiger partial charge in [-0.3, -0.25) is 0 Å². The zero-order valence-corrected chi connectivity index (χ0v) is 12.9. The van der Waals surface area contributed by atoms with E-state index in [1.807, 2.05) is 18.2 Å². The topological polar surface area (TPSA) is 26.0 Å². The fourth-order valence-electron chi connectivity index (χ4n) is 2.63. The summed E-state index contributed by atoms with van der Waals surface area (Å²) in [7, 11) is 0. The molecule has 0 amide bonds. The Morgan fingerprint density at radius 3 is 2.24 bits per heavy atom. The molecule has 2 heteroatoms. The average Bonchev–Trinajstić information content (AvgIpc) is 2.48. The summed E-state index contributed by atoms with van der Waals surface area (Å²) >= 11 is 0. The normalized spacial score (nSPS) is 13.1. The highest BCUT2D eigenvalue weighted by atomic mass is 19.1. The van der Waals surface area contributed by atoms with Crippen LogP contribution in [-0.2, 0) is 11.8 Å². The Bertz CT molecular complexity index is 546. The molecule has 0 radical (unpaired) electrons. The summed E-state index contributed by atoms with van der Waals surface area (Å²) in [6, 6.07) is 17.2. The van der Waals surface area contributed by atoms with E-state index in [9.17, 15) is 4.39 Å². The molecule has 1 unspecified atom stereocenters. The van der Waals surface area contributed by atoms with E-state index in [0.29, 0.717) is 0 Å². The third kappa shape index (κ3) is 4.15. The molecular weight excluding hydrogens is 261 g/mol. The van der Waals surface area contributed by atoms with Gasteiger partial charge in [0.15, 0.2) is 0 Å². The first-order chi connectivity index (χ1) is 10.00. The first-order valence-electron chi connectivity index (χ1n) is 7.55. The van der Waals surface area contributed by atoms with Crippen molar-refractivity contribution in [3.63, 3.8) is 0 Å². The van der Waals surface area contributed by atoms with E-state index in [1.54, 1.807) is 0 Å². The molecule has 2 rings (SSSR count). The number of benzene rings is 2. The molecule has 112 valence electrons. The van der Waals surface area contributed by atoms with E-state index in [0.717, 1.165) is 24.8 Å². The highest BCUT2D eigenvalue weighted by Crippen LogP contribution is 2.28. The first-order valence-corrected chi connectivity index (χ1v) is 7.55. The minimum absolute atomic E-state index is 0.0617. The fourth-order valence-corrected chi connectivity index (χ4v) is 2.63. The number of rotatable bonds is 6. The lowest BCUT2D eigenvalue weighted by molar-refractivity contribution is 0.380. The summed E-state index contributed by atoms with van der Waals surface area (Å²) < 4.78 is 13.0. The summed E-state index contributed by atoms with van der Waals surface area (Å²) in [6.45, 7) is 4.26. The van der Waals surface area contributed by atoms with Gasteiger partial charge >= 0.3 is 0 Å². The van der Waals surface area contributed by atoms with E-state index in [-0.39, 0.29) is 17.3 Å². The van der Waals surface area contributed by atoms with Gasteiger partial charge in [0.2, 0.25) is 0 Å². The summed E-state index contributed by atoms with van der Waals surface area (Å²) in [5.41, 5.74) is 8.69. The Morgan fingerprint density at radius 2 is 1.62 bits per heavy atom. The van der Waals surface area contributed by atoms with Gasteiger partial charge < -0.3 is 5.73 Å². The fraction of sp³-hybridized carbons (Fsp3) is 0.368. The molecule has 0 fully saturated rings. The molecule has 0 aliphatic heterocycles. The Labute approximate surface area is 127 Å². The van der Waals surface area contributed by atoms with Crippen LogP contribution in [0, 0.1) is 5.82 Å². The van der Waals surface area contributed by atoms with Gasteiger partial charge in [0.25, 0.3) is 0 Å². The first kappa shape index (κ1) is 15.7. The Hall–Kier alpha value is -1.67. The maximum absolute atomic E-state index is 13.0. The van der Waals surface area contributed by atoms with Crippen LogP contribution in [0.5, 0.6) is 0 Å². The van der Waals surface area contributed by atoms with Crippen LogP contribution in [0.15, 0.2) is 54.6 Å². The van der Waals surface area contributed by atoms with Crippen molar-refractivity contribution in [3.05, 3.63) is 71.5 Å². The number of hydrogen-bond donors (Lipinski definition) is 1. The second-order valence-electron chi connectivity index (χ2n) is 6.21. The van der Waals surface area contributed by atoms with Gasteiger partial charge in [-0.1, -0.05) is 56.3 Å². The smallest absolute Gasteiger partial charge is 0.123 e. The quantitative estimate of drug-likeness (QED) is 0.833. The third-order valence-corrected chi connectivity index (χ3v) is 4.34. The number of aryl methyl sites for hydroxylation is 1. The SMILES string of the molecule is CC(C)(c1ccc(F)cc1)C(N)CCCc1ccccc1. The highest BCUT2D eigenvalue weighted by molar-refractivity contribution is 5.26. The Balaban J connectivity index is 1.92. The van der Waals surface area contributed by atoms with Crippen LogP contribution in [0.4, 0.5) is 4.39 Å². The van der Waals surface area contributed by atoms with Crippen molar-refractivity contribution in [2.24, 2.45) is 5.73 Å². The van der Waals surface area contributed by atoms with Crippen molar-refractivity contribution in [1.29, 1.82) is 0 Å².